The molecule has 0 aliphatic carbocycles. The number of pyridine rings is 1. The summed E-state index contributed by atoms with van der Waals surface area (Å²) in [6, 6.07) is 4.28. The van der Waals surface area contributed by atoms with E-state index in [1.165, 1.54) is 0 Å². The average molecular weight is 192 g/mol. The molecule has 68 valence electrons. The fourth-order valence-corrected chi connectivity index (χ4v) is 1.82. The van der Waals surface area contributed by atoms with Gasteiger partial charge in [0.1, 0.15) is 0 Å². The fourth-order valence-electron chi connectivity index (χ4n) is 1.17. The minimum Gasteiger partial charge on any atom is -0.264 e. The molecule has 0 saturated carbocycles. The molecule has 0 bridgehead atoms. The summed E-state index contributed by atoms with van der Waals surface area (Å²) in [6.45, 7) is 2.01. The van der Waals surface area contributed by atoms with E-state index in [1.54, 1.807) is 11.8 Å². The van der Waals surface area contributed by atoms with Crippen LogP contribution in [0.1, 0.15) is 22.8 Å². The Morgan fingerprint density at radius 2 is 2.38 bits per heavy atom. The average Bonchev–Trinajstić information content (AvgIpc) is 2.14. The van der Waals surface area contributed by atoms with Crippen LogP contribution in [-0.2, 0) is 0 Å². The highest BCUT2D eigenvalue weighted by atomic mass is 32.2. The highest BCUT2D eigenvalue weighted by molar-refractivity contribution is 7.98. The van der Waals surface area contributed by atoms with Crippen molar-refractivity contribution >= 4 is 11.8 Å². The molecule has 0 fully saturated rings. The van der Waals surface area contributed by atoms with Gasteiger partial charge in [0.15, 0.2) is 0 Å². The van der Waals surface area contributed by atoms with Crippen LogP contribution in [0.5, 0.6) is 0 Å². The van der Waals surface area contributed by atoms with E-state index in [9.17, 15) is 0 Å². The van der Waals surface area contributed by atoms with E-state index in [2.05, 4.69) is 17.1 Å². The minimum absolute atomic E-state index is 0.261. The predicted molar refractivity (Wildman–Crippen MR) is 55.5 cm³/mol. The fraction of sp³-hybridized carbons (Fsp3) is 0.400. The molecule has 1 atom stereocenters. The van der Waals surface area contributed by atoms with Crippen molar-refractivity contribution in [2.75, 3.05) is 6.26 Å². The molecule has 0 aliphatic heterocycles. The van der Waals surface area contributed by atoms with Crippen LogP contribution in [0.4, 0.5) is 0 Å². The van der Waals surface area contributed by atoms with Crippen LogP contribution < -0.4 is 0 Å². The van der Waals surface area contributed by atoms with Gasteiger partial charge in [-0.25, -0.2) is 0 Å². The molecule has 1 aromatic rings. The molecule has 2 nitrogen and oxygen atoms in total. The third kappa shape index (κ3) is 2.74. The SMILES string of the molecule is CSC(CC#N)c1cncc(C)c1. The molecule has 0 spiro atoms. The van der Waals surface area contributed by atoms with Crippen molar-refractivity contribution in [3.05, 3.63) is 29.6 Å². The molecule has 0 amide bonds. The molecule has 0 saturated heterocycles. The summed E-state index contributed by atoms with van der Waals surface area (Å²) in [5.41, 5.74) is 2.29. The summed E-state index contributed by atoms with van der Waals surface area (Å²) >= 11 is 1.69. The summed E-state index contributed by atoms with van der Waals surface area (Å²) in [4.78, 5) is 4.11. The summed E-state index contributed by atoms with van der Waals surface area (Å²) < 4.78 is 0. The van der Waals surface area contributed by atoms with Crippen LogP contribution in [0.25, 0.3) is 0 Å². The minimum atomic E-state index is 0.261. The van der Waals surface area contributed by atoms with Crippen LogP contribution in [-0.4, -0.2) is 11.2 Å². The van der Waals surface area contributed by atoms with Gasteiger partial charge in [-0.15, -0.1) is 0 Å². The molecular weight excluding hydrogens is 180 g/mol. The Bertz CT molecular complexity index is 317. The molecule has 0 aromatic carbocycles. The Labute approximate surface area is 83.0 Å². The summed E-state index contributed by atoms with van der Waals surface area (Å²) in [5.74, 6) is 0. The summed E-state index contributed by atoms with van der Waals surface area (Å²) in [6.07, 6.45) is 6.23. The molecular formula is C10H12N2S. The van der Waals surface area contributed by atoms with Gasteiger partial charge in [-0.1, -0.05) is 6.07 Å². The van der Waals surface area contributed by atoms with Gasteiger partial charge in [-0.05, 0) is 24.3 Å². The van der Waals surface area contributed by atoms with Crippen molar-refractivity contribution in [3.63, 3.8) is 0 Å². The van der Waals surface area contributed by atoms with Crippen molar-refractivity contribution in [1.82, 2.24) is 4.98 Å². The van der Waals surface area contributed by atoms with Crippen LogP contribution in [0, 0.1) is 18.3 Å². The number of nitrogens with zero attached hydrogens (tertiary/aromatic N) is 2. The molecule has 0 aliphatic rings. The van der Waals surface area contributed by atoms with Gasteiger partial charge in [0.2, 0.25) is 0 Å². The zero-order chi connectivity index (χ0) is 9.68. The molecule has 1 aromatic heterocycles. The maximum atomic E-state index is 8.61. The van der Waals surface area contributed by atoms with Gasteiger partial charge in [0.05, 0.1) is 12.5 Å². The van der Waals surface area contributed by atoms with Gasteiger partial charge in [0, 0.05) is 17.6 Å². The van der Waals surface area contributed by atoms with Crippen LogP contribution >= 0.6 is 11.8 Å². The zero-order valence-electron chi connectivity index (χ0n) is 7.82. The maximum absolute atomic E-state index is 8.61. The van der Waals surface area contributed by atoms with Crippen LogP contribution in [0.15, 0.2) is 18.5 Å². The van der Waals surface area contributed by atoms with Crippen molar-refractivity contribution in [2.24, 2.45) is 0 Å². The predicted octanol–water partition coefficient (Wildman–Crippen LogP) is 2.71. The van der Waals surface area contributed by atoms with Gasteiger partial charge >= 0.3 is 0 Å². The second kappa shape index (κ2) is 4.88. The number of nitriles is 1. The van der Waals surface area contributed by atoms with Crippen molar-refractivity contribution in [1.29, 1.82) is 5.26 Å². The lowest BCUT2D eigenvalue weighted by molar-refractivity contribution is 0.965. The summed E-state index contributed by atoms with van der Waals surface area (Å²) in [7, 11) is 0. The quantitative estimate of drug-likeness (QED) is 0.738. The zero-order valence-corrected chi connectivity index (χ0v) is 8.64. The lowest BCUT2D eigenvalue weighted by Crippen LogP contribution is -1.93. The van der Waals surface area contributed by atoms with E-state index in [-0.39, 0.29) is 5.25 Å². The topological polar surface area (TPSA) is 36.7 Å². The van der Waals surface area contributed by atoms with Gasteiger partial charge in [-0.3, -0.25) is 4.98 Å². The van der Waals surface area contributed by atoms with Crippen molar-refractivity contribution in [3.8, 4) is 6.07 Å². The van der Waals surface area contributed by atoms with Gasteiger partial charge in [-0.2, -0.15) is 17.0 Å². The second-order valence-corrected chi connectivity index (χ2v) is 3.92. The Kier molecular flexibility index (Phi) is 3.78. The number of hydrogen-bond donors (Lipinski definition) is 0. The van der Waals surface area contributed by atoms with Crippen LogP contribution in [0.3, 0.4) is 0 Å². The lowest BCUT2D eigenvalue weighted by Gasteiger charge is -2.10. The number of hydrogen-bond acceptors (Lipinski definition) is 3. The first kappa shape index (κ1) is 10.1. The first-order valence-corrected chi connectivity index (χ1v) is 5.38. The smallest absolute Gasteiger partial charge is 0.0636 e. The van der Waals surface area contributed by atoms with Gasteiger partial charge < -0.3 is 0 Å². The Balaban J connectivity index is 2.86. The molecule has 13 heavy (non-hydrogen) atoms. The second-order valence-electron chi connectivity index (χ2n) is 2.88. The monoisotopic (exact) mass is 192 g/mol. The van der Waals surface area contributed by atoms with Crippen LogP contribution in [0.2, 0.25) is 0 Å². The van der Waals surface area contributed by atoms with E-state index in [0.717, 1.165) is 11.1 Å². The molecule has 1 heterocycles. The third-order valence-electron chi connectivity index (χ3n) is 1.83. The Hall–Kier alpha value is -1.01. The normalized spacial score (nSPS) is 12.1. The highest BCUT2D eigenvalue weighted by Crippen LogP contribution is 2.29. The number of thioether (sulfide) groups is 1. The highest BCUT2D eigenvalue weighted by Gasteiger charge is 2.09. The standard InChI is InChI=1S/C10H12N2S/c1-8-5-9(7-12-6-8)10(13-2)3-4-11/h5-7,10H,3H2,1-2H3. The van der Waals surface area contributed by atoms with Crippen molar-refractivity contribution < 1.29 is 0 Å². The lowest BCUT2D eigenvalue weighted by atomic mass is 10.1. The van der Waals surface area contributed by atoms with E-state index in [0.29, 0.717) is 6.42 Å². The molecule has 1 rings (SSSR count). The molecule has 0 N–H and O–H groups in total. The van der Waals surface area contributed by atoms with E-state index < -0.39 is 0 Å². The Morgan fingerprint density at radius 1 is 1.62 bits per heavy atom. The number of aryl methyl sites for hydroxylation is 1. The first-order chi connectivity index (χ1) is 6.27. The number of rotatable bonds is 3. The number of aromatic nitrogens is 1. The maximum Gasteiger partial charge on any atom is 0.0636 e. The first-order valence-electron chi connectivity index (χ1n) is 4.09. The van der Waals surface area contributed by atoms with E-state index in [4.69, 9.17) is 5.26 Å². The molecule has 0 radical (unpaired) electrons. The third-order valence-corrected chi connectivity index (χ3v) is 2.84. The largest absolute Gasteiger partial charge is 0.264 e. The molecule has 1 unspecified atom stereocenters. The Morgan fingerprint density at radius 3 is 2.92 bits per heavy atom. The van der Waals surface area contributed by atoms with Crippen molar-refractivity contribution in [2.45, 2.75) is 18.6 Å². The van der Waals surface area contributed by atoms with E-state index >= 15 is 0 Å². The summed E-state index contributed by atoms with van der Waals surface area (Å²) in [5, 5.41) is 8.88. The van der Waals surface area contributed by atoms with E-state index in [1.807, 2.05) is 25.6 Å². The molecule has 3 heteroatoms. The van der Waals surface area contributed by atoms with Gasteiger partial charge in [0.25, 0.3) is 0 Å².